The molecule has 0 heterocycles. The van der Waals surface area contributed by atoms with Crippen LogP contribution in [-0.2, 0) is 13.1 Å². The molecule has 0 fully saturated rings. The van der Waals surface area contributed by atoms with Crippen LogP contribution in [0.2, 0.25) is 5.02 Å². The van der Waals surface area contributed by atoms with Crippen LogP contribution in [0.25, 0.3) is 0 Å². The maximum absolute atomic E-state index is 6.40. The second kappa shape index (κ2) is 10.2. The first-order chi connectivity index (χ1) is 12.2. The molecule has 0 aliphatic rings. The van der Waals surface area contributed by atoms with Crippen LogP contribution in [0.1, 0.15) is 31.4 Å². The molecule has 0 aliphatic heterocycles. The smallest absolute Gasteiger partial charge is 0.179 e. The fourth-order valence-corrected chi connectivity index (χ4v) is 2.81. The third-order valence-corrected chi connectivity index (χ3v) is 3.94. The van der Waals surface area contributed by atoms with Crippen LogP contribution in [0.4, 0.5) is 0 Å². The first kappa shape index (κ1) is 19.4. The Morgan fingerprint density at radius 3 is 2.52 bits per heavy atom. The molecule has 0 spiro atoms. The molecular formula is C20H26ClNO3. The van der Waals surface area contributed by atoms with E-state index >= 15 is 0 Å². The molecule has 0 atom stereocenters. The largest absolute Gasteiger partial charge is 0.496 e. The van der Waals surface area contributed by atoms with E-state index in [9.17, 15) is 0 Å². The van der Waals surface area contributed by atoms with Gasteiger partial charge in [-0.15, -0.1) is 0 Å². The van der Waals surface area contributed by atoms with Crippen molar-refractivity contribution in [1.82, 2.24) is 5.32 Å². The Balaban J connectivity index is 2.06. The minimum Gasteiger partial charge on any atom is -0.496 e. The molecule has 5 heteroatoms. The number of ether oxygens (including phenoxy) is 3. The van der Waals surface area contributed by atoms with Crippen molar-refractivity contribution in [3.05, 3.63) is 52.5 Å². The monoisotopic (exact) mass is 363 g/mol. The summed E-state index contributed by atoms with van der Waals surface area (Å²) < 4.78 is 16.8. The molecule has 0 saturated carbocycles. The highest BCUT2D eigenvalue weighted by Gasteiger charge is 2.12. The van der Waals surface area contributed by atoms with Crippen LogP contribution >= 0.6 is 11.6 Å². The second-order valence-electron chi connectivity index (χ2n) is 5.60. The molecule has 0 unspecified atom stereocenters. The third kappa shape index (κ3) is 5.55. The van der Waals surface area contributed by atoms with Crippen LogP contribution in [0.3, 0.4) is 0 Å². The second-order valence-corrected chi connectivity index (χ2v) is 6.01. The van der Waals surface area contributed by atoms with Crippen molar-refractivity contribution in [3.63, 3.8) is 0 Å². The predicted molar refractivity (Wildman–Crippen MR) is 102 cm³/mol. The maximum atomic E-state index is 6.40. The van der Waals surface area contributed by atoms with Gasteiger partial charge in [-0.2, -0.15) is 0 Å². The molecule has 0 amide bonds. The van der Waals surface area contributed by atoms with Gasteiger partial charge in [-0.25, -0.2) is 0 Å². The Kier molecular flexibility index (Phi) is 7.89. The summed E-state index contributed by atoms with van der Waals surface area (Å²) in [6.45, 7) is 6.57. The minimum absolute atomic E-state index is 0.566. The van der Waals surface area contributed by atoms with Gasteiger partial charge in [-0.05, 0) is 37.1 Å². The van der Waals surface area contributed by atoms with E-state index in [-0.39, 0.29) is 0 Å². The van der Waals surface area contributed by atoms with Crippen molar-refractivity contribution < 1.29 is 14.2 Å². The van der Waals surface area contributed by atoms with E-state index in [1.807, 2.05) is 43.3 Å². The van der Waals surface area contributed by atoms with Gasteiger partial charge < -0.3 is 19.5 Å². The molecule has 4 nitrogen and oxygen atoms in total. The summed E-state index contributed by atoms with van der Waals surface area (Å²) in [5, 5.41) is 3.99. The molecule has 2 aromatic rings. The normalized spacial score (nSPS) is 10.6. The highest BCUT2D eigenvalue weighted by molar-refractivity contribution is 6.32. The van der Waals surface area contributed by atoms with Gasteiger partial charge in [-0.3, -0.25) is 0 Å². The summed E-state index contributed by atoms with van der Waals surface area (Å²) in [6, 6.07) is 11.9. The molecule has 0 saturated heterocycles. The lowest BCUT2D eigenvalue weighted by Crippen LogP contribution is -2.13. The predicted octanol–water partition coefficient (Wildman–Crippen LogP) is 4.83. The molecule has 0 radical (unpaired) electrons. The van der Waals surface area contributed by atoms with Gasteiger partial charge in [-0.1, -0.05) is 36.7 Å². The van der Waals surface area contributed by atoms with Crippen molar-refractivity contribution in [1.29, 1.82) is 0 Å². The average molecular weight is 364 g/mol. The molecule has 25 heavy (non-hydrogen) atoms. The molecule has 2 aromatic carbocycles. The Hall–Kier alpha value is -1.91. The Morgan fingerprint density at radius 1 is 1.00 bits per heavy atom. The van der Waals surface area contributed by atoms with Crippen molar-refractivity contribution in [3.8, 4) is 17.2 Å². The van der Waals surface area contributed by atoms with Gasteiger partial charge in [0.15, 0.2) is 11.5 Å². The number of nitrogens with one attached hydrogen (secondary N) is 1. The van der Waals surface area contributed by atoms with E-state index in [2.05, 4.69) is 12.2 Å². The van der Waals surface area contributed by atoms with E-state index in [4.69, 9.17) is 25.8 Å². The molecule has 2 rings (SSSR count). The zero-order valence-corrected chi connectivity index (χ0v) is 15.9. The summed E-state index contributed by atoms with van der Waals surface area (Å²) in [4.78, 5) is 0. The van der Waals surface area contributed by atoms with Crippen LogP contribution in [-0.4, -0.2) is 20.3 Å². The van der Waals surface area contributed by atoms with Crippen LogP contribution < -0.4 is 19.5 Å². The number of hydrogen-bond donors (Lipinski definition) is 1. The van der Waals surface area contributed by atoms with Gasteiger partial charge in [0.05, 0.1) is 25.3 Å². The highest BCUT2D eigenvalue weighted by atomic mass is 35.5. The maximum Gasteiger partial charge on any atom is 0.179 e. The Labute approximate surface area is 155 Å². The average Bonchev–Trinajstić information content (AvgIpc) is 2.62. The summed E-state index contributed by atoms with van der Waals surface area (Å²) in [7, 11) is 1.68. The van der Waals surface area contributed by atoms with Gasteiger partial charge in [0.25, 0.3) is 0 Å². The molecular weight excluding hydrogens is 338 g/mol. The number of hydrogen-bond acceptors (Lipinski definition) is 4. The summed E-state index contributed by atoms with van der Waals surface area (Å²) in [5.41, 5.74) is 2.16. The van der Waals surface area contributed by atoms with E-state index in [1.165, 1.54) is 0 Å². The van der Waals surface area contributed by atoms with Gasteiger partial charge >= 0.3 is 0 Å². The van der Waals surface area contributed by atoms with E-state index < -0.39 is 0 Å². The van der Waals surface area contributed by atoms with Crippen molar-refractivity contribution in [2.45, 2.75) is 33.4 Å². The van der Waals surface area contributed by atoms with Gasteiger partial charge in [0.1, 0.15) is 5.75 Å². The topological polar surface area (TPSA) is 39.7 Å². The molecule has 1 N–H and O–H groups in total. The minimum atomic E-state index is 0.566. The number of benzene rings is 2. The summed E-state index contributed by atoms with van der Waals surface area (Å²) in [5.74, 6) is 2.20. The number of rotatable bonds is 10. The standard InChI is InChI=1S/C20H26ClNO3/c1-4-10-25-20-17(21)11-15(12-19(20)24-5-2)13-22-14-16-8-6-7-9-18(16)23-3/h6-9,11-12,22H,4-5,10,13-14H2,1-3H3. The zero-order chi connectivity index (χ0) is 18.1. The molecule has 0 bridgehead atoms. The molecule has 0 aromatic heterocycles. The Morgan fingerprint density at radius 2 is 1.80 bits per heavy atom. The quantitative estimate of drug-likeness (QED) is 0.656. The third-order valence-electron chi connectivity index (χ3n) is 3.66. The number of para-hydroxylation sites is 1. The lowest BCUT2D eigenvalue weighted by atomic mass is 10.1. The summed E-state index contributed by atoms with van der Waals surface area (Å²) in [6.07, 6.45) is 0.921. The fourth-order valence-electron chi connectivity index (χ4n) is 2.52. The van der Waals surface area contributed by atoms with Crippen LogP contribution in [0, 0.1) is 0 Å². The fraction of sp³-hybridized carbons (Fsp3) is 0.400. The first-order valence-corrected chi connectivity index (χ1v) is 8.98. The van der Waals surface area contributed by atoms with Crippen LogP contribution in [0.5, 0.6) is 17.2 Å². The number of halogens is 1. The number of methoxy groups -OCH3 is 1. The van der Waals surface area contributed by atoms with Crippen molar-refractivity contribution in [2.24, 2.45) is 0 Å². The van der Waals surface area contributed by atoms with E-state index in [1.54, 1.807) is 7.11 Å². The van der Waals surface area contributed by atoms with Gasteiger partial charge in [0, 0.05) is 18.7 Å². The SMILES string of the molecule is CCCOc1c(Cl)cc(CNCc2ccccc2OC)cc1OCC. The first-order valence-electron chi connectivity index (χ1n) is 8.60. The Bertz CT molecular complexity index is 676. The summed E-state index contributed by atoms with van der Waals surface area (Å²) >= 11 is 6.40. The van der Waals surface area contributed by atoms with Crippen molar-refractivity contribution >= 4 is 11.6 Å². The molecule has 0 aliphatic carbocycles. The lowest BCUT2D eigenvalue weighted by Gasteiger charge is -2.15. The highest BCUT2D eigenvalue weighted by Crippen LogP contribution is 2.36. The van der Waals surface area contributed by atoms with E-state index in [0.29, 0.717) is 42.8 Å². The zero-order valence-electron chi connectivity index (χ0n) is 15.1. The van der Waals surface area contributed by atoms with Crippen LogP contribution in [0.15, 0.2) is 36.4 Å². The lowest BCUT2D eigenvalue weighted by molar-refractivity contribution is 0.277. The van der Waals surface area contributed by atoms with Gasteiger partial charge in [0.2, 0.25) is 0 Å². The molecule has 136 valence electrons. The van der Waals surface area contributed by atoms with Crippen molar-refractivity contribution in [2.75, 3.05) is 20.3 Å². The van der Waals surface area contributed by atoms with E-state index in [0.717, 1.165) is 23.3 Å².